The van der Waals surface area contributed by atoms with Gasteiger partial charge < -0.3 is 15.4 Å². The second-order valence-electron chi connectivity index (χ2n) is 4.48. The van der Waals surface area contributed by atoms with E-state index in [9.17, 15) is 0 Å². The van der Waals surface area contributed by atoms with E-state index in [-0.39, 0.29) is 5.84 Å². The number of nitrogens with one attached hydrogen (secondary N) is 1. The number of anilines is 1. The number of amidine groups is 1. The molecule has 0 aliphatic rings. The molecule has 108 valence electrons. The van der Waals surface area contributed by atoms with Gasteiger partial charge in [-0.1, -0.05) is 0 Å². The average Bonchev–Trinajstić information content (AvgIpc) is 2.86. The first kappa shape index (κ1) is 14.2. The summed E-state index contributed by atoms with van der Waals surface area (Å²) in [6, 6.07) is 1.94. The molecule has 0 saturated carbocycles. The fourth-order valence-corrected chi connectivity index (χ4v) is 1.93. The highest BCUT2D eigenvalue weighted by Crippen LogP contribution is 2.16. The van der Waals surface area contributed by atoms with Crippen molar-refractivity contribution in [2.45, 2.75) is 13.3 Å². The second-order valence-corrected chi connectivity index (χ2v) is 4.48. The van der Waals surface area contributed by atoms with Crippen LogP contribution in [0.2, 0.25) is 0 Å². The molecule has 2 aromatic heterocycles. The van der Waals surface area contributed by atoms with Gasteiger partial charge in [0.25, 0.3) is 5.78 Å². The first-order valence-corrected chi connectivity index (χ1v) is 6.36. The third-order valence-corrected chi connectivity index (χ3v) is 2.90. The summed E-state index contributed by atoms with van der Waals surface area (Å²) in [7, 11) is 1.66. The normalized spacial score (nSPS) is 10.9. The number of nitrogens with two attached hydrogens (primary N) is 1. The molecule has 0 unspecified atom stereocenters. The minimum atomic E-state index is 0.160. The van der Waals surface area contributed by atoms with Gasteiger partial charge in [-0.25, -0.2) is 4.98 Å². The number of hydrogen-bond acceptors (Lipinski definition) is 6. The summed E-state index contributed by atoms with van der Waals surface area (Å²) in [5.41, 5.74) is 6.31. The van der Waals surface area contributed by atoms with Crippen molar-refractivity contribution in [3.05, 3.63) is 18.1 Å². The second kappa shape index (κ2) is 6.29. The Morgan fingerprint density at radius 2 is 2.30 bits per heavy atom. The number of hydrogen-bond donors (Lipinski definition) is 2. The predicted molar refractivity (Wildman–Crippen MR) is 76.1 cm³/mol. The van der Waals surface area contributed by atoms with Crippen LogP contribution < -0.4 is 10.6 Å². The fourth-order valence-electron chi connectivity index (χ4n) is 1.93. The van der Waals surface area contributed by atoms with E-state index in [1.807, 2.05) is 13.0 Å². The van der Waals surface area contributed by atoms with E-state index < -0.39 is 0 Å². The number of rotatable bonds is 7. The Morgan fingerprint density at radius 1 is 1.50 bits per heavy atom. The molecule has 0 bridgehead atoms. The Bertz CT molecular complexity index is 595. The minimum absolute atomic E-state index is 0.160. The summed E-state index contributed by atoms with van der Waals surface area (Å²) in [6.45, 7) is 3.80. The maximum Gasteiger partial charge on any atom is 0.254 e. The van der Waals surface area contributed by atoms with Crippen LogP contribution in [0, 0.1) is 12.3 Å². The van der Waals surface area contributed by atoms with Gasteiger partial charge in [0, 0.05) is 38.4 Å². The zero-order chi connectivity index (χ0) is 14.5. The van der Waals surface area contributed by atoms with Crippen molar-refractivity contribution in [3.63, 3.8) is 0 Å². The number of ether oxygens (including phenoxy) is 1. The lowest BCUT2D eigenvalue weighted by molar-refractivity contribution is 0.205. The lowest BCUT2D eigenvalue weighted by Gasteiger charge is -2.24. The molecule has 0 saturated heterocycles. The molecule has 0 atom stereocenters. The first-order chi connectivity index (χ1) is 9.61. The molecule has 0 amide bonds. The van der Waals surface area contributed by atoms with Crippen LogP contribution in [-0.2, 0) is 4.74 Å². The van der Waals surface area contributed by atoms with Crippen molar-refractivity contribution < 1.29 is 4.74 Å². The van der Waals surface area contributed by atoms with Crippen LogP contribution in [0.25, 0.3) is 5.78 Å². The predicted octanol–water partition coefficient (Wildman–Crippen LogP) is 0.212. The zero-order valence-corrected chi connectivity index (χ0v) is 11.7. The first-order valence-electron chi connectivity index (χ1n) is 6.36. The Morgan fingerprint density at radius 3 is 3.00 bits per heavy atom. The van der Waals surface area contributed by atoms with Crippen molar-refractivity contribution in [2.24, 2.45) is 5.73 Å². The van der Waals surface area contributed by atoms with Gasteiger partial charge in [0.05, 0.1) is 12.4 Å². The van der Waals surface area contributed by atoms with Gasteiger partial charge >= 0.3 is 0 Å². The highest BCUT2D eigenvalue weighted by atomic mass is 16.5. The third kappa shape index (κ3) is 3.21. The molecule has 0 aromatic carbocycles. The number of aryl methyl sites for hydroxylation is 1. The topological polar surface area (TPSA) is 105 Å². The van der Waals surface area contributed by atoms with E-state index >= 15 is 0 Å². The van der Waals surface area contributed by atoms with Gasteiger partial charge in [0.15, 0.2) is 0 Å². The zero-order valence-electron chi connectivity index (χ0n) is 11.7. The molecular weight excluding hydrogens is 258 g/mol. The van der Waals surface area contributed by atoms with E-state index in [4.69, 9.17) is 15.9 Å². The highest BCUT2D eigenvalue weighted by Gasteiger charge is 2.13. The maximum absolute atomic E-state index is 7.38. The van der Waals surface area contributed by atoms with Gasteiger partial charge in [-0.15, -0.1) is 0 Å². The van der Waals surface area contributed by atoms with Crippen LogP contribution in [0.5, 0.6) is 0 Å². The van der Waals surface area contributed by atoms with Gasteiger partial charge in [-0.3, -0.25) is 5.41 Å². The van der Waals surface area contributed by atoms with Gasteiger partial charge in [0.1, 0.15) is 12.1 Å². The lowest BCUT2D eigenvalue weighted by Crippen LogP contribution is -2.32. The summed E-state index contributed by atoms with van der Waals surface area (Å²) in [6.07, 6.45) is 1.96. The summed E-state index contributed by atoms with van der Waals surface area (Å²) in [5.74, 6) is 1.60. The van der Waals surface area contributed by atoms with Crippen LogP contribution in [0.1, 0.15) is 12.1 Å². The molecule has 0 aliphatic carbocycles. The SMILES string of the molecule is COCCN(CCC(=N)N)c1cc(C)nc2ncnn12. The van der Waals surface area contributed by atoms with E-state index in [1.54, 1.807) is 11.6 Å². The molecule has 3 N–H and O–H groups in total. The van der Waals surface area contributed by atoms with Gasteiger partial charge in [-0.2, -0.15) is 14.6 Å². The molecule has 20 heavy (non-hydrogen) atoms. The van der Waals surface area contributed by atoms with Crippen LogP contribution in [-0.4, -0.2) is 52.2 Å². The Kier molecular flexibility index (Phi) is 4.46. The molecule has 8 nitrogen and oxygen atoms in total. The molecule has 2 heterocycles. The monoisotopic (exact) mass is 277 g/mol. The van der Waals surface area contributed by atoms with Crippen molar-refractivity contribution in [3.8, 4) is 0 Å². The van der Waals surface area contributed by atoms with E-state index in [0.717, 1.165) is 11.5 Å². The smallest absolute Gasteiger partial charge is 0.254 e. The third-order valence-electron chi connectivity index (χ3n) is 2.90. The van der Waals surface area contributed by atoms with Crippen molar-refractivity contribution >= 4 is 17.4 Å². The Labute approximate surface area is 117 Å². The number of methoxy groups -OCH3 is 1. The number of nitrogens with zero attached hydrogens (tertiary/aromatic N) is 5. The van der Waals surface area contributed by atoms with E-state index in [0.29, 0.717) is 31.9 Å². The molecule has 2 aromatic rings. The van der Waals surface area contributed by atoms with E-state index in [1.165, 1.54) is 6.33 Å². The molecule has 0 fully saturated rings. The summed E-state index contributed by atoms with van der Waals surface area (Å²) in [5, 5.41) is 11.6. The average molecular weight is 277 g/mol. The summed E-state index contributed by atoms with van der Waals surface area (Å²) < 4.78 is 6.82. The number of fused-ring (bicyclic) bond motifs is 1. The summed E-state index contributed by atoms with van der Waals surface area (Å²) >= 11 is 0. The molecule has 2 rings (SSSR count). The van der Waals surface area contributed by atoms with Crippen LogP contribution in [0.3, 0.4) is 0 Å². The Balaban J connectivity index is 2.33. The molecule has 0 spiro atoms. The fraction of sp³-hybridized carbons (Fsp3) is 0.500. The molecule has 0 aliphatic heterocycles. The quantitative estimate of drug-likeness (QED) is 0.553. The largest absolute Gasteiger partial charge is 0.388 e. The molecule has 0 radical (unpaired) electrons. The lowest BCUT2D eigenvalue weighted by atomic mass is 10.3. The van der Waals surface area contributed by atoms with Gasteiger partial charge in [-0.05, 0) is 6.92 Å². The minimum Gasteiger partial charge on any atom is -0.388 e. The Hall–Kier alpha value is -2.22. The maximum atomic E-state index is 7.38. The highest BCUT2D eigenvalue weighted by molar-refractivity contribution is 5.77. The van der Waals surface area contributed by atoms with Crippen molar-refractivity contribution in [2.75, 3.05) is 31.7 Å². The summed E-state index contributed by atoms with van der Waals surface area (Å²) in [4.78, 5) is 10.5. The van der Waals surface area contributed by atoms with Crippen LogP contribution in [0.4, 0.5) is 5.82 Å². The standard InChI is InChI=1S/C12H19N7O/c1-9-7-11(19-12(17-9)15-8-16-19)18(5-6-20-2)4-3-10(13)14/h7-8H,3-6H2,1-2H3,(H3,13,14). The van der Waals surface area contributed by atoms with Crippen molar-refractivity contribution in [1.29, 1.82) is 5.41 Å². The van der Waals surface area contributed by atoms with Gasteiger partial charge in [0.2, 0.25) is 0 Å². The molecular formula is C12H19N7O. The van der Waals surface area contributed by atoms with Crippen LogP contribution >= 0.6 is 0 Å². The number of aromatic nitrogens is 4. The van der Waals surface area contributed by atoms with E-state index in [2.05, 4.69) is 20.0 Å². The van der Waals surface area contributed by atoms with Crippen molar-refractivity contribution in [1.82, 2.24) is 19.6 Å². The van der Waals surface area contributed by atoms with Crippen LogP contribution in [0.15, 0.2) is 12.4 Å². The molecule has 8 heteroatoms.